The fourth-order valence-corrected chi connectivity index (χ4v) is 4.74. The molecule has 2 aromatic carbocycles. The summed E-state index contributed by atoms with van der Waals surface area (Å²) in [7, 11) is 0. The number of rotatable bonds is 6. The van der Waals surface area contributed by atoms with Crippen LogP contribution < -0.4 is 4.90 Å². The number of imidazole rings is 1. The molecule has 1 amide bonds. The molecule has 5 rings (SSSR count). The molecule has 0 saturated heterocycles. The van der Waals surface area contributed by atoms with E-state index in [0.29, 0.717) is 29.2 Å². The molecule has 0 spiro atoms. The number of aromatic nitrogens is 3. The molecule has 8 heteroatoms. The highest BCUT2D eigenvalue weighted by Gasteiger charge is 2.33. The molecule has 2 aromatic heterocycles. The van der Waals surface area contributed by atoms with Crippen molar-refractivity contribution in [3.05, 3.63) is 95.1 Å². The van der Waals surface area contributed by atoms with Gasteiger partial charge in [0.15, 0.2) is 11.5 Å². The maximum Gasteiger partial charge on any atom is 0.312 e. The number of carboxylic acid groups (broad SMARTS) is 1. The average Bonchev–Trinajstić information content (AvgIpc) is 3.53. The van der Waals surface area contributed by atoms with Crippen LogP contribution in [-0.4, -0.2) is 31.5 Å². The first-order valence-corrected chi connectivity index (χ1v) is 12.3. The molecule has 8 nitrogen and oxygen atoms in total. The van der Waals surface area contributed by atoms with Crippen LogP contribution in [0.4, 0.5) is 11.5 Å². The van der Waals surface area contributed by atoms with Crippen molar-refractivity contribution < 1.29 is 14.7 Å². The van der Waals surface area contributed by atoms with Crippen molar-refractivity contribution in [3.63, 3.8) is 0 Å². The van der Waals surface area contributed by atoms with E-state index in [4.69, 9.17) is 11.6 Å². The number of amides is 1. The molecule has 0 fully saturated rings. The SMILES string of the molecule is [C-]#[N+]c1cc(-c2ccc3c(c2)C(=O)N(c2cccc(-c4nccn4C(C)C)n2)C3)ccc1C(C)(C)C(=O)O. The van der Waals surface area contributed by atoms with Gasteiger partial charge in [-0.25, -0.2) is 14.8 Å². The van der Waals surface area contributed by atoms with Gasteiger partial charge in [0.2, 0.25) is 0 Å². The Morgan fingerprint density at radius 3 is 2.55 bits per heavy atom. The van der Waals surface area contributed by atoms with Gasteiger partial charge in [0.05, 0.1) is 18.5 Å². The topological polar surface area (TPSA) is 92.7 Å². The molecule has 0 atom stereocenters. The van der Waals surface area contributed by atoms with Crippen LogP contribution in [0.1, 0.15) is 55.2 Å². The molecule has 1 aliphatic rings. The Morgan fingerprint density at radius 2 is 1.84 bits per heavy atom. The predicted molar refractivity (Wildman–Crippen MR) is 145 cm³/mol. The highest BCUT2D eigenvalue weighted by atomic mass is 16.4. The largest absolute Gasteiger partial charge is 0.481 e. The first kappa shape index (κ1) is 24.9. The van der Waals surface area contributed by atoms with Crippen LogP contribution in [0.3, 0.4) is 0 Å². The lowest BCUT2D eigenvalue weighted by atomic mass is 9.82. The van der Waals surface area contributed by atoms with Crippen LogP contribution in [-0.2, 0) is 16.8 Å². The number of hydrogen-bond acceptors (Lipinski definition) is 4. The Labute approximate surface area is 221 Å². The standard InChI is InChI=1S/C30H27N5O3/c1-18(2)34-14-13-32-27(34)24-7-6-8-26(33-24)35-17-21-10-9-19(15-22(21)28(35)36)20-11-12-23(25(16-20)31-5)30(3,4)29(37)38/h6-16,18H,17H2,1-4H3,(H,37,38). The van der Waals surface area contributed by atoms with Crippen LogP contribution >= 0.6 is 0 Å². The minimum atomic E-state index is -1.19. The molecule has 190 valence electrons. The second kappa shape index (κ2) is 9.27. The van der Waals surface area contributed by atoms with Gasteiger partial charge in [-0.1, -0.05) is 30.3 Å². The molecule has 1 aliphatic heterocycles. The minimum Gasteiger partial charge on any atom is -0.481 e. The number of carbonyl (C=O) groups is 2. The Bertz CT molecular complexity index is 1630. The van der Waals surface area contributed by atoms with Gasteiger partial charge in [-0.05, 0) is 74.2 Å². The fraction of sp³-hybridized carbons (Fsp3) is 0.233. The summed E-state index contributed by atoms with van der Waals surface area (Å²) in [4.78, 5) is 39.7. The van der Waals surface area contributed by atoms with E-state index in [1.165, 1.54) is 0 Å². The summed E-state index contributed by atoms with van der Waals surface area (Å²) in [6.45, 7) is 15.3. The van der Waals surface area contributed by atoms with Crippen LogP contribution in [0.2, 0.25) is 0 Å². The summed E-state index contributed by atoms with van der Waals surface area (Å²) in [5, 5.41) is 9.61. The predicted octanol–water partition coefficient (Wildman–Crippen LogP) is 6.27. The maximum atomic E-state index is 13.5. The third-order valence-corrected chi connectivity index (χ3v) is 7.04. The smallest absolute Gasteiger partial charge is 0.312 e. The first-order chi connectivity index (χ1) is 18.1. The van der Waals surface area contributed by atoms with Crippen LogP contribution in [0, 0.1) is 6.57 Å². The lowest BCUT2D eigenvalue weighted by Gasteiger charge is -2.21. The quantitative estimate of drug-likeness (QED) is 0.312. The number of fused-ring (bicyclic) bond motifs is 1. The Kier molecular flexibility index (Phi) is 6.08. The summed E-state index contributed by atoms with van der Waals surface area (Å²) >= 11 is 0. The van der Waals surface area contributed by atoms with E-state index in [1.807, 2.05) is 47.2 Å². The molecule has 0 aliphatic carbocycles. The molecule has 0 radical (unpaired) electrons. The van der Waals surface area contributed by atoms with Gasteiger partial charge in [0.25, 0.3) is 5.91 Å². The fourth-order valence-electron chi connectivity index (χ4n) is 4.74. The molecule has 1 N–H and O–H groups in total. The normalized spacial score (nSPS) is 13.1. The van der Waals surface area contributed by atoms with Crippen molar-refractivity contribution in [1.82, 2.24) is 14.5 Å². The Morgan fingerprint density at radius 1 is 1.11 bits per heavy atom. The number of aliphatic carboxylic acids is 1. The van der Waals surface area contributed by atoms with E-state index in [2.05, 4.69) is 23.7 Å². The molecule has 3 heterocycles. The van der Waals surface area contributed by atoms with E-state index < -0.39 is 11.4 Å². The summed E-state index contributed by atoms with van der Waals surface area (Å²) in [6, 6.07) is 16.7. The number of anilines is 1. The van der Waals surface area contributed by atoms with Crippen LogP contribution in [0.15, 0.2) is 67.0 Å². The van der Waals surface area contributed by atoms with E-state index in [1.54, 1.807) is 43.1 Å². The van der Waals surface area contributed by atoms with Gasteiger partial charge in [0, 0.05) is 24.0 Å². The van der Waals surface area contributed by atoms with Crippen molar-refractivity contribution in [2.45, 2.75) is 45.7 Å². The van der Waals surface area contributed by atoms with E-state index >= 15 is 0 Å². The number of carboxylic acids is 1. The molecule has 0 unspecified atom stereocenters. The maximum absolute atomic E-state index is 13.5. The summed E-state index contributed by atoms with van der Waals surface area (Å²) in [6.07, 6.45) is 3.66. The van der Waals surface area contributed by atoms with Gasteiger partial charge in [-0.2, -0.15) is 0 Å². The molecule has 0 bridgehead atoms. The molecular weight excluding hydrogens is 478 g/mol. The lowest BCUT2D eigenvalue weighted by molar-refractivity contribution is -0.142. The molecule has 38 heavy (non-hydrogen) atoms. The number of pyridine rings is 1. The Hall–Kier alpha value is -4.77. The van der Waals surface area contributed by atoms with E-state index in [0.717, 1.165) is 22.5 Å². The van der Waals surface area contributed by atoms with Crippen LogP contribution in [0.5, 0.6) is 0 Å². The minimum absolute atomic E-state index is 0.146. The van der Waals surface area contributed by atoms with Crippen LogP contribution in [0.25, 0.3) is 27.5 Å². The van der Waals surface area contributed by atoms with Crippen molar-refractivity contribution in [2.75, 3.05) is 4.90 Å². The van der Waals surface area contributed by atoms with Gasteiger partial charge >= 0.3 is 5.97 Å². The van der Waals surface area contributed by atoms with E-state index in [9.17, 15) is 14.7 Å². The second-order valence-corrected chi connectivity index (χ2v) is 10.2. The summed E-state index contributed by atoms with van der Waals surface area (Å²) in [5.74, 6) is 0.162. The van der Waals surface area contributed by atoms with Crippen molar-refractivity contribution in [1.29, 1.82) is 0 Å². The summed E-state index contributed by atoms with van der Waals surface area (Å²) < 4.78 is 2.04. The average molecular weight is 506 g/mol. The highest BCUT2D eigenvalue weighted by Crippen LogP contribution is 2.37. The van der Waals surface area contributed by atoms with Gasteiger partial charge in [-0.3, -0.25) is 14.5 Å². The molecular formula is C30H27N5O3. The van der Waals surface area contributed by atoms with Crippen molar-refractivity contribution in [2.24, 2.45) is 0 Å². The lowest BCUT2D eigenvalue weighted by Crippen LogP contribution is -2.28. The third-order valence-electron chi connectivity index (χ3n) is 7.04. The number of carbonyl (C=O) groups excluding carboxylic acids is 1. The molecule has 0 saturated carbocycles. The zero-order valence-corrected chi connectivity index (χ0v) is 21.6. The zero-order valence-electron chi connectivity index (χ0n) is 21.6. The van der Waals surface area contributed by atoms with Gasteiger partial charge in [-0.15, -0.1) is 0 Å². The van der Waals surface area contributed by atoms with Crippen molar-refractivity contribution >= 4 is 23.4 Å². The zero-order chi connectivity index (χ0) is 27.2. The van der Waals surface area contributed by atoms with Gasteiger partial charge < -0.3 is 9.67 Å². The Balaban J connectivity index is 1.47. The third kappa shape index (κ3) is 4.12. The molecule has 4 aromatic rings. The van der Waals surface area contributed by atoms with Crippen molar-refractivity contribution in [3.8, 4) is 22.6 Å². The van der Waals surface area contributed by atoms with E-state index in [-0.39, 0.29) is 17.6 Å². The highest BCUT2D eigenvalue weighted by molar-refractivity contribution is 6.10. The number of benzene rings is 2. The number of nitrogens with zero attached hydrogens (tertiary/aromatic N) is 5. The number of hydrogen-bond donors (Lipinski definition) is 1. The first-order valence-electron chi connectivity index (χ1n) is 12.3. The monoisotopic (exact) mass is 505 g/mol. The summed E-state index contributed by atoms with van der Waals surface area (Å²) in [5.41, 5.74) is 3.24. The second-order valence-electron chi connectivity index (χ2n) is 10.2. The van der Waals surface area contributed by atoms with Gasteiger partial charge in [0.1, 0.15) is 11.5 Å².